The van der Waals surface area contributed by atoms with Crippen LogP contribution in [0.1, 0.15) is 6.92 Å². The molecule has 0 aliphatic carbocycles. The minimum atomic E-state index is -0.108. The third-order valence-electron chi connectivity index (χ3n) is 3.48. The lowest BCUT2D eigenvalue weighted by atomic mass is 10.1. The second-order valence-corrected chi connectivity index (χ2v) is 5.28. The minimum Gasteiger partial charge on any atom is -0.497 e. The molecule has 3 aromatic rings. The van der Waals surface area contributed by atoms with Crippen molar-refractivity contribution < 1.29 is 9.53 Å². The lowest BCUT2D eigenvalue weighted by molar-refractivity contribution is -0.114. The van der Waals surface area contributed by atoms with Gasteiger partial charge in [0.15, 0.2) is 0 Å². The average molecular weight is 319 g/mol. The van der Waals surface area contributed by atoms with E-state index in [4.69, 9.17) is 4.74 Å². The standard InChI is InChI=1S/C19H17N3O2/c1-13(23)21-16-7-3-5-14(9-16)18-11-20-12-19(22-18)15-6-4-8-17(10-15)24-2/h3-12H,1-2H3,(H,21,23). The predicted octanol–water partition coefficient (Wildman–Crippen LogP) is 3.78. The van der Waals surface area contributed by atoms with Crippen LogP contribution in [0.15, 0.2) is 60.9 Å². The van der Waals surface area contributed by atoms with Gasteiger partial charge in [0, 0.05) is 23.7 Å². The predicted molar refractivity (Wildman–Crippen MR) is 93.8 cm³/mol. The highest BCUT2D eigenvalue weighted by Crippen LogP contribution is 2.25. The van der Waals surface area contributed by atoms with Crippen LogP contribution in [0, 0.1) is 0 Å². The molecule has 5 nitrogen and oxygen atoms in total. The van der Waals surface area contributed by atoms with Crippen molar-refractivity contribution in [1.82, 2.24) is 9.97 Å². The molecule has 2 aromatic carbocycles. The zero-order valence-electron chi connectivity index (χ0n) is 13.5. The van der Waals surface area contributed by atoms with E-state index in [1.54, 1.807) is 19.5 Å². The van der Waals surface area contributed by atoms with Crippen LogP contribution in [0.5, 0.6) is 5.75 Å². The quantitative estimate of drug-likeness (QED) is 0.795. The molecular weight excluding hydrogens is 302 g/mol. The van der Waals surface area contributed by atoms with Crippen molar-refractivity contribution in [1.29, 1.82) is 0 Å². The van der Waals surface area contributed by atoms with Crippen LogP contribution in [-0.2, 0) is 4.79 Å². The van der Waals surface area contributed by atoms with Crippen LogP contribution < -0.4 is 10.1 Å². The summed E-state index contributed by atoms with van der Waals surface area (Å²) in [4.78, 5) is 20.2. The highest BCUT2D eigenvalue weighted by molar-refractivity contribution is 5.89. The molecule has 120 valence electrons. The van der Waals surface area contributed by atoms with Crippen LogP contribution in [0.3, 0.4) is 0 Å². The Balaban J connectivity index is 1.97. The molecule has 0 unspecified atom stereocenters. The number of benzene rings is 2. The fraction of sp³-hybridized carbons (Fsp3) is 0.105. The van der Waals surface area contributed by atoms with E-state index in [-0.39, 0.29) is 5.91 Å². The summed E-state index contributed by atoms with van der Waals surface area (Å²) in [5.74, 6) is 0.663. The molecule has 3 rings (SSSR count). The Morgan fingerprint density at radius 3 is 2.33 bits per heavy atom. The summed E-state index contributed by atoms with van der Waals surface area (Å²) in [5, 5.41) is 2.77. The van der Waals surface area contributed by atoms with Gasteiger partial charge in [-0.25, -0.2) is 4.98 Å². The molecule has 0 spiro atoms. The van der Waals surface area contributed by atoms with E-state index in [1.807, 2.05) is 48.5 Å². The van der Waals surface area contributed by atoms with Crippen molar-refractivity contribution in [3.8, 4) is 28.3 Å². The number of amides is 1. The first-order valence-corrected chi connectivity index (χ1v) is 7.50. The molecule has 1 aromatic heterocycles. The highest BCUT2D eigenvalue weighted by atomic mass is 16.5. The van der Waals surface area contributed by atoms with E-state index < -0.39 is 0 Å². The summed E-state index contributed by atoms with van der Waals surface area (Å²) in [6, 6.07) is 15.2. The summed E-state index contributed by atoms with van der Waals surface area (Å²) in [6.07, 6.45) is 3.42. The van der Waals surface area contributed by atoms with Crippen LogP contribution in [0.2, 0.25) is 0 Å². The Kier molecular flexibility index (Phi) is 4.52. The Labute approximate surface area is 140 Å². The van der Waals surface area contributed by atoms with Gasteiger partial charge in [0.1, 0.15) is 5.75 Å². The van der Waals surface area contributed by atoms with E-state index in [1.165, 1.54) is 6.92 Å². The van der Waals surface area contributed by atoms with Gasteiger partial charge in [0.25, 0.3) is 0 Å². The van der Waals surface area contributed by atoms with Crippen molar-refractivity contribution >= 4 is 11.6 Å². The van der Waals surface area contributed by atoms with Crippen molar-refractivity contribution in [3.05, 3.63) is 60.9 Å². The molecule has 0 bridgehead atoms. The molecule has 0 radical (unpaired) electrons. The fourth-order valence-corrected chi connectivity index (χ4v) is 2.39. The third-order valence-corrected chi connectivity index (χ3v) is 3.48. The van der Waals surface area contributed by atoms with E-state index in [2.05, 4.69) is 15.3 Å². The molecule has 0 saturated carbocycles. The molecule has 0 saturated heterocycles. The number of rotatable bonds is 4. The van der Waals surface area contributed by atoms with Gasteiger partial charge in [0.05, 0.1) is 30.9 Å². The zero-order valence-corrected chi connectivity index (χ0v) is 13.5. The van der Waals surface area contributed by atoms with E-state index in [0.717, 1.165) is 34.0 Å². The number of hydrogen-bond acceptors (Lipinski definition) is 4. The monoisotopic (exact) mass is 319 g/mol. The molecule has 5 heteroatoms. The number of aromatic nitrogens is 2. The lowest BCUT2D eigenvalue weighted by Crippen LogP contribution is -2.05. The Morgan fingerprint density at radius 2 is 1.67 bits per heavy atom. The summed E-state index contributed by atoms with van der Waals surface area (Å²) in [5.41, 5.74) is 4.05. The van der Waals surface area contributed by atoms with Gasteiger partial charge in [-0.15, -0.1) is 0 Å². The number of methoxy groups -OCH3 is 1. The summed E-state index contributed by atoms with van der Waals surface area (Å²) < 4.78 is 5.26. The van der Waals surface area contributed by atoms with Crippen molar-refractivity contribution in [2.75, 3.05) is 12.4 Å². The first-order valence-electron chi connectivity index (χ1n) is 7.50. The fourth-order valence-electron chi connectivity index (χ4n) is 2.39. The molecule has 1 heterocycles. The lowest BCUT2D eigenvalue weighted by Gasteiger charge is -2.08. The van der Waals surface area contributed by atoms with E-state index in [0.29, 0.717) is 0 Å². The number of hydrogen-bond donors (Lipinski definition) is 1. The number of nitrogens with one attached hydrogen (secondary N) is 1. The van der Waals surface area contributed by atoms with Crippen molar-refractivity contribution in [3.63, 3.8) is 0 Å². The van der Waals surface area contributed by atoms with Gasteiger partial charge >= 0.3 is 0 Å². The third kappa shape index (κ3) is 3.57. The average Bonchev–Trinajstić information content (AvgIpc) is 2.61. The second kappa shape index (κ2) is 6.91. The van der Waals surface area contributed by atoms with Gasteiger partial charge in [-0.3, -0.25) is 9.78 Å². The molecule has 0 aliphatic heterocycles. The van der Waals surface area contributed by atoms with Gasteiger partial charge < -0.3 is 10.1 Å². The van der Waals surface area contributed by atoms with Gasteiger partial charge in [-0.2, -0.15) is 0 Å². The largest absolute Gasteiger partial charge is 0.497 e. The SMILES string of the molecule is COc1cccc(-c2cncc(-c3cccc(NC(C)=O)c3)n2)c1. The smallest absolute Gasteiger partial charge is 0.221 e. The molecule has 24 heavy (non-hydrogen) atoms. The maximum absolute atomic E-state index is 11.2. The number of ether oxygens (including phenoxy) is 1. The van der Waals surface area contributed by atoms with Crippen molar-refractivity contribution in [2.24, 2.45) is 0 Å². The van der Waals surface area contributed by atoms with Crippen LogP contribution in [-0.4, -0.2) is 23.0 Å². The number of carbonyl (C=O) groups excluding carboxylic acids is 1. The molecule has 1 N–H and O–H groups in total. The summed E-state index contributed by atoms with van der Waals surface area (Å²) >= 11 is 0. The Bertz CT molecular complexity index is 878. The van der Waals surface area contributed by atoms with Gasteiger partial charge in [-0.05, 0) is 24.3 Å². The van der Waals surface area contributed by atoms with Gasteiger partial charge in [-0.1, -0.05) is 24.3 Å². The Hall–Kier alpha value is -3.21. The second-order valence-electron chi connectivity index (χ2n) is 5.28. The molecule has 0 atom stereocenters. The highest BCUT2D eigenvalue weighted by Gasteiger charge is 2.06. The van der Waals surface area contributed by atoms with Crippen molar-refractivity contribution in [2.45, 2.75) is 6.92 Å². The first kappa shape index (κ1) is 15.7. The molecule has 1 amide bonds. The van der Waals surface area contributed by atoms with E-state index >= 15 is 0 Å². The topological polar surface area (TPSA) is 64.1 Å². The van der Waals surface area contributed by atoms with Crippen LogP contribution >= 0.6 is 0 Å². The molecule has 0 fully saturated rings. The first-order chi connectivity index (χ1) is 11.7. The number of anilines is 1. The Morgan fingerprint density at radius 1 is 1.00 bits per heavy atom. The zero-order chi connectivity index (χ0) is 16.9. The maximum atomic E-state index is 11.2. The minimum absolute atomic E-state index is 0.108. The number of nitrogens with zero attached hydrogens (tertiary/aromatic N) is 2. The van der Waals surface area contributed by atoms with E-state index in [9.17, 15) is 4.79 Å². The van der Waals surface area contributed by atoms with Gasteiger partial charge in [0.2, 0.25) is 5.91 Å². The molecule has 0 aliphatic rings. The maximum Gasteiger partial charge on any atom is 0.221 e. The van der Waals surface area contributed by atoms with Crippen LogP contribution in [0.25, 0.3) is 22.5 Å². The normalized spacial score (nSPS) is 10.2. The summed E-state index contributed by atoms with van der Waals surface area (Å²) in [6.45, 7) is 1.48. The summed E-state index contributed by atoms with van der Waals surface area (Å²) in [7, 11) is 1.63. The van der Waals surface area contributed by atoms with Crippen LogP contribution in [0.4, 0.5) is 5.69 Å². The number of carbonyl (C=O) groups is 1. The molecular formula is C19H17N3O2.